The number of sulfone groups is 1. The molecule has 2 N–H and O–H groups in total. The summed E-state index contributed by atoms with van der Waals surface area (Å²) in [6, 6.07) is 9.21. The molecule has 0 aliphatic carbocycles. The minimum absolute atomic E-state index is 0.0201. The summed E-state index contributed by atoms with van der Waals surface area (Å²) in [6.07, 6.45) is 1.29. The third-order valence-electron chi connectivity index (χ3n) is 3.52. The summed E-state index contributed by atoms with van der Waals surface area (Å²) in [5, 5.41) is 0. The van der Waals surface area contributed by atoms with Crippen LogP contribution in [0.3, 0.4) is 0 Å². The van der Waals surface area contributed by atoms with Gasteiger partial charge in [-0.05, 0) is 48.5 Å². The third kappa shape index (κ3) is 3.76. The van der Waals surface area contributed by atoms with Gasteiger partial charge in [0.25, 0.3) is 10.0 Å². The fraction of sp³-hybridized carbons (Fsp3) is 0.0667. The molecule has 0 amide bonds. The van der Waals surface area contributed by atoms with Gasteiger partial charge in [-0.1, -0.05) is 15.9 Å². The van der Waals surface area contributed by atoms with E-state index in [1.165, 1.54) is 18.2 Å². The van der Waals surface area contributed by atoms with Crippen molar-refractivity contribution in [1.82, 2.24) is 10.3 Å². The van der Waals surface area contributed by atoms with E-state index in [0.29, 0.717) is 0 Å². The van der Waals surface area contributed by atoms with Gasteiger partial charge in [-0.15, -0.1) is 4.83 Å². The quantitative estimate of drug-likeness (QED) is 0.554. The van der Waals surface area contributed by atoms with E-state index in [1.807, 2.05) is 0 Å². The molecule has 1 aliphatic heterocycles. The maximum Gasteiger partial charge on any atom is 0.257 e. The van der Waals surface area contributed by atoms with E-state index >= 15 is 0 Å². The normalized spacial score (nSPS) is 16.0. The molecule has 0 saturated carbocycles. The summed E-state index contributed by atoms with van der Waals surface area (Å²) in [6.45, 7) is 0. The van der Waals surface area contributed by atoms with Crippen LogP contribution in [-0.4, -0.2) is 22.6 Å². The highest BCUT2D eigenvalue weighted by molar-refractivity contribution is 9.10. The zero-order chi connectivity index (χ0) is 18.2. The van der Waals surface area contributed by atoms with Crippen molar-refractivity contribution < 1.29 is 21.2 Å². The first-order valence-electron chi connectivity index (χ1n) is 6.95. The number of fused-ring (bicyclic) bond motifs is 1. The van der Waals surface area contributed by atoms with Gasteiger partial charge in [0, 0.05) is 10.0 Å². The number of hydrogen-bond donors (Lipinski definition) is 2. The molecule has 2 aromatic rings. The Hall–Kier alpha value is -1.75. The van der Waals surface area contributed by atoms with Crippen LogP contribution < -0.4 is 10.3 Å². The Kier molecular flexibility index (Phi) is 4.71. The van der Waals surface area contributed by atoms with Crippen LogP contribution in [0.15, 0.2) is 62.8 Å². The highest BCUT2D eigenvalue weighted by Gasteiger charge is 2.26. The zero-order valence-corrected chi connectivity index (χ0v) is 15.8. The van der Waals surface area contributed by atoms with Gasteiger partial charge < -0.3 is 5.43 Å². The van der Waals surface area contributed by atoms with Crippen LogP contribution in [0.25, 0.3) is 5.70 Å². The molecule has 0 bridgehead atoms. The van der Waals surface area contributed by atoms with E-state index in [2.05, 4.69) is 26.2 Å². The molecule has 10 heteroatoms. The molecule has 25 heavy (non-hydrogen) atoms. The molecule has 1 aliphatic rings. The molecule has 132 valence electrons. The standard InChI is InChI=1S/C15H12BrFN2O4S2/c16-10-1-4-12(5-2-10)25(22,23)19-18-14-7-8-24(20,21)15-6-3-11(17)9-13(14)15/h1-7,9,18-19H,8H2. The van der Waals surface area contributed by atoms with Crippen molar-refractivity contribution in [3.63, 3.8) is 0 Å². The average Bonchev–Trinajstić information content (AvgIpc) is 2.54. The van der Waals surface area contributed by atoms with E-state index in [0.717, 1.165) is 22.7 Å². The van der Waals surface area contributed by atoms with Gasteiger partial charge in [-0.2, -0.15) is 0 Å². The Labute approximate surface area is 152 Å². The minimum atomic E-state index is -3.88. The summed E-state index contributed by atoms with van der Waals surface area (Å²) >= 11 is 3.22. The van der Waals surface area contributed by atoms with Crippen molar-refractivity contribution in [3.8, 4) is 0 Å². The van der Waals surface area contributed by atoms with Crippen LogP contribution in [0.4, 0.5) is 4.39 Å². The molecule has 0 saturated heterocycles. The second kappa shape index (κ2) is 6.52. The van der Waals surface area contributed by atoms with Crippen molar-refractivity contribution in [2.75, 3.05) is 5.75 Å². The van der Waals surface area contributed by atoms with Crippen LogP contribution in [0, 0.1) is 5.82 Å². The lowest BCUT2D eigenvalue weighted by atomic mass is 10.1. The maximum absolute atomic E-state index is 13.5. The van der Waals surface area contributed by atoms with Crippen LogP contribution in [0.5, 0.6) is 0 Å². The predicted molar refractivity (Wildman–Crippen MR) is 94.0 cm³/mol. The topological polar surface area (TPSA) is 92.3 Å². The highest BCUT2D eigenvalue weighted by atomic mass is 79.9. The number of rotatable bonds is 4. The molecular formula is C15H12BrFN2O4S2. The third-order valence-corrected chi connectivity index (χ3v) is 6.94. The Morgan fingerprint density at radius 3 is 2.44 bits per heavy atom. The second-order valence-electron chi connectivity index (χ2n) is 5.22. The fourth-order valence-corrected chi connectivity index (χ4v) is 4.76. The monoisotopic (exact) mass is 446 g/mol. The largest absolute Gasteiger partial charge is 0.308 e. The molecule has 1 heterocycles. The first-order chi connectivity index (χ1) is 11.7. The summed E-state index contributed by atoms with van der Waals surface area (Å²) in [7, 11) is -7.45. The number of benzene rings is 2. The van der Waals surface area contributed by atoms with Gasteiger partial charge in [0.05, 0.1) is 21.2 Å². The number of hydrazine groups is 1. The van der Waals surface area contributed by atoms with Crippen LogP contribution >= 0.6 is 15.9 Å². The van der Waals surface area contributed by atoms with Crippen molar-refractivity contribution in [2.24, 2.45) is 0 Å². The van der Waals surface area contributed by atoms with Gasteiger partial charge >= 0.3 is 0 Å². The van der Waals surface area contributed by atoms with E-state index in [4.69, 9.17) is 0 Å². The maximum atomic E-state index is 13.5. The summed E-state index contributed by atoms with van der Waals surface area (Å²) < 4.78 is 62.9. The minimum Gasteiger partial charge on any atom is -0.308 e. The lowest BCUT2D eigenvalue weighted by molar-refractivity contribution is 0.575. The van der Waals surface area contributed by atoms with Gasteiger partial charge in [-0.3, -0.25) is 0 Å². The molecular weight excluding hydrogens is 435 g/mol. The smallest absolute Gasteiger partial charge is 0.257 e. The number of hydrogen-bond acceptors (Lipinski definition) is 5. The second-order valence-corrected chi connectivity index (χ2v) is 9.82. The fourth-order valence-electron chi connectivity index (χ4n) is 2.29. The molecule has 0 aromatic heterocycles. The lowest BCUT2D eigenvalue weighted by Gasteiger charge is -2.20. The molecule has 0 unspecified atom stereocenters. The van der Waals surface area contributed by atoms with E-state index < -0.39 is 25.7 Å². The Morgan fingerprint density at radius 2 is 1.76 bits per heavy atom. The molecule has 0 spiro atoms. The van der Waals surface area contributed by atoms with Crippen LogP contribution in [-0.2, 0) is 19.9 Å². The predicted octanol–water partition coefficient (Wildman–Crippen LogP) is 2.20. The Morgan fingerprint density at radius 1 is 1.08 bits per heavy atom. The Balaban J connectivity index is 1.88. The number of sulfonamides is 1. The lowest BCUT2D eigenvalue weighted by Crippen LogP contribution is -2.37. The van der Waals surface area contributed by atoms with Gasteiger partial charge in [0.15, 0.2) is 9.84 Å². The zero-order valence-electron chi connectivity index (χ0n) is 12.5. The van der Waals surface area contributed by atoms with Gasteiger partial charge in [-0.25, -0.2) is 21.2 Å². The molecule has 3 rings (SSSR count). The molecule has 0 fully saturated rings. The van der Waals surface area contributed by atoms with Crippen LogP contribution in [0.1, 0.15) is 5.56 Å². The first kappa shape index (κ1) is 18.1. The molecule has 0 radical (unpaired) electrons. The Bertz CT molecular complexity index is 1070. The van der Waals surface area contributed by atoms with Crippen LogP contribution in [0.2, 0.25) is 0 Å². The first-order valence-corrected chi connectivity index (χ1v) is 10.9. The summed E-state index contributed by atoms with van der Waals surface area (Å²) in [4.78, 5) is 2.14. The molecule has 6 nitrogen and oxygen atoms in total. The number of halogens is 2. The van der Waals surface area contributed by atoms with Gasteiger partial charge in [0.2, 0.25) is 0 Å². The molecule has 0 atom stereocenters. The van der Waals surface area contributed by atoms with Gasteiger partial charge in [0.1, 0.15) is 5.82 Å². The highest BCUT2D eigenvalue weighted by Crippen LogP contribution is 2.28. The van der Waals surface area contributed by atoms with Crippen molar-refractivity contribution >= 4 is 41.5 Å². The van der Waals surface area contributed by atoms with Crippen molar-refractivity contribution in [3.05, 3.63) is 64.4 Å². The molecule has 2 aromatic carbocycles. The average molecular weight is 447 g/mol. The summed E-state index contributed by atoms with van der Waals surface area (Å²) in [5.74, 6) is -0.937. The van der Waals surface area contributed by atoms with E-state index in [9.17, 15) is 21.2 Å². The SMILES string of the molecule is O=S1(=O)CC=C(NNS(=O)(=O)c2ccc(Br)cc2)c2cc(F)ccc21. The van der Waals surface area contributed by atoms with E-state index in [1.54, 1.807) is 12.1 Å². The summed E-state index contributed by atoms with van der Waals surface area (Å²) in [5.41, 5.74) is 2.72. The number of nitrogens with one attached hydrogen (secondary N) is 2. The van der Waals surface area contributed by atoms with Crippen molar-refractivity contribution in [1.29, 1.82) is 0 Å². The van der Waals surface area contributed by atoms with Crippen molar-refractivity contribution in [2.45, 2.75) is 9.79 Å². The van der Waals surface area contributed by atoms with E-state index in [-0.39, 0.29) is 26.8 Å².